The number of anilines is 1. The van der Waals surface area contributed by atoms with E-state index < -0.39 is 11.5 Å². The number of carboxylic acids is 1. The molecule has 0 radical (unpaired) electrons. The van der Waals surface area contributed by atoms with Crippen LogP contribution in [0.3, 0.4) is 0 Å². The summed E-state index contributed by atoms with van der Waals surface area (Å²) < 4.78 is 13.0. The van der Waals surface area contributed by atoms with Crippen LogP contribution in [0.25, 0.3) is 11.1 Å². The predicted molar refractivity (Wildman–Crippen MR) is 241 cm³/mol. The molecule has 3 aliphatic rings. The Hall–Kier alpha value is -5.41. The molecular weight excluding hydrogens is 784 g/mol. The minimum atomic E-state index is -1.10. The van der Waals surface area contributed by atoms with Crippen LogP contribution in [-0.2, 0) is 34.3 Å². The number of benzene rings is 3. The van der Waals surface area contributed by atoms with Gasteiger partial charge in [-0.05, 0) is 164 Å². The zero-order valence-electron chi connectivity index (χ0n) is 35.3. The van der Waals surface area contributed by atoms with E-state index in [-0.39, 0.29) is 17.2 Å². The lowest BCUT2D eigenvalue weighted by Gasteiger charge is -2.47. The number of nitrogens with zero attached hydrogens (tertiary/aromatic N) is 2. The molecule has 318 valence electrons. The van der Waals surface area contributed by atoms with E-state index in [2.05, 4.69) is 58.7 Å². The molecule has 5 aromatic rings. The number of hydrogen-bond donors (Lipinski definition) is 3. The summed E-state index contributed by atoms with van der Waals surface area (Å²) in [6.45, 7) is 6.15. The number of hydrogen-bond acceptors (Lipinski definition) is 7. The lowest BCUT2D eigenvalue weighted by atomic mass is 9.59. The molecule has 10 heteroatoms. The molecule has 1 spiro atoms. The zero-order valence-corrected chi connectivity index (χ0v) is 36.1. The molecule has 2 heterocycles. The molecule has 0 bridgehead atoms. The number of aliphatic carboxylic acids is 1. The number of carbonyl (C=O) groups is 2. The van der Waals surface area contributed by atoms with Crippen molar-refractivity contribution in [1.82, 2.24) is 15.3 Å². The largest absolute Gasteiger partial charge is 0.494 e. The fourth-order valence-corrected chi connectivity index (χ4v) is 10.5. The summed E-state index contributed by atoms with van der Waals surface area (Å²) in [5, 5.41) is 17.8. The van der Waals surface area contributed by atoms with E-state index >= 15 is 0 Å². The Morgan fingerprint density at radius 2 is 1.75 bits per heavy atom. The molecule has 3 N–H and O–H groups in total. The van der Waals surface area contributed by atoms with Crippen LogP contribution in [0.4, 0.5) is 5.69 Å². The molecule has 3 aromatic carbocycles. The molecule has 3 atom stereocenters. The number of ether oxygens (including phenoxy) is 2. The van der Waals surface area contributed by atoms with E-state index in [4.69, 9.17) is 21.1 Å². The molecule has 1 amide bonds. The van der Waals surface area contributed by atoms with Crippen LogP contribution in [0.1, 0.15) is 99.1 Å². The first-order valence-corrected chi connectivity index (χ1v) is 22.4. The number of aryl methyl sites for hydroxylation is 1. The van der Waals surface area contributed by atoms with Crippen molar-refractivity contribution in [3.8, 4) is 22.6 Å². The molecule has 9 nitrogen and oxygen atoms in total. The summed E-state index contributed by atoms with van der Waals surface area (Å²) in [4.78, 5) is 34.7. The van der Waals surface area contributed by atoms with Crippen LogP contribution >= 0.6 is 11.6 Å². The molecule has 3 aliphatic carbocycles. The maximum absolute atomic E-state index is 13.1. The van der Waals surface area contributed by atoms with Crippen molar-refractivity contribution in [3.63, 3.8) is 0 Å². The normalized spacial score (nSPS) is 22.1. The monoisotopic (exact) mass is 840 g/mol. The van der Waals surface area contributed by atoms with Crippen molar-refractivity contribution in [2.75, 3.05) is 25.1 Å². The lowest BCUT2D eigenvalue weighted by Crippen LogP contribution is -2.53. The van der Waals surface area contributed by atoms with Gasteiger partial charge in [0.1, 0.15) is 17.0 Å². The van der Waals surface area contributed by atoms with Crippen molar-refractivity contribution in [1.29, 1.82) is 0 Å². The van der Waals surface area contributed by atoms with Gasteiger partial charge in [-0.25, -0.2) is 4.79 Å². The summed E-state index contributed by atoms with van der Waals surface area (Å²) in [5.74, 6) is 1.96. The second-order valence-electron chi connectivity index (χ2n) is 17.7. The predicted octanol–water partition coefficient (Wildman–Crippen LogP) is 10.4. The van der Waals surface area contributed by atoms with Gasteiger partial charge < -0.3 is 25.2 Å². The van der Waals surface area contributed by atoms with E-state index in [1.54, 1.807) is 24.5 Å². The summed E-state index contributed by atoms with van der Waals surface area (Å²) >= 11 is 6.32. The average molecular weight is 841 g/mol. The molecule has 0 aliphatic heterocycles. The van der Waals surface area contributed by atoms with Gasteiger partial charge in [-0.3, -0.25) is 14.8 Å². The first-order chi connectivity index (χ1) is 29.6. The Morgan fingerprint density at radius 1 is 0.934 bits per heavy atom. The van der Waals surface area contributed by atoms with Gasteiger partial charge in [0.15, 0.2) is 0 Å². The molecule has 0 saturated heterocycles. The summed E-state index contributed by atoms with van der Waals surface area (Å²) in [6.07, 6.45) is 14.0. The first-order valence-electron chi connectivity index (χ1n) is 22.0. The number of nitrogens with one attached hydrogen (secondary N) is 2. The third-order valence-corrected chi connectivity index (χ3v) is 13.7. The van der Waals surface area contributed by atoms with Crippen LogP contribution in [0, 0.1) is 11.8 Å². The van der Waals surface area contributed by atoms with Crippen LogP contribution in [0.5, 0.6) is 11.5 Å². The maximum Gasteiger partial charge on any atom is 0.329 e. The highest BCUT2D eigenvalue weighted by atomic mass is 35.5. The van der Waals surface area contributed by atoms with Crippen LogP contribution in [-0.4, -0.2) is 52.2 Å². The Labute approximate surface area is 364 Å². The second kappa shape index (κ2) is 18.7. The topological polar surface area (TPSA) is 123 Å². The Bertz CT molecular complexity index is 2330. The van der Waals surface area contributed by atoms with Gasteiger partial charge in [-0.1, -0.05) is 61.8 Å². The number of pyridine rings is 2. The van der Waals surface area contributed by atoms with E-state index in [0.717, 1.165) is 72.4 Å². The minimum Gasteiger partial charge on any atom is -0.494 e. The molecule has 1 saturated carbocycles. The number of aromatic nitrogens is 2. The number of fused-ring (bicyclic) bond motifs is 3. The van der Waals surface area contributed by atoms with Gasteiger partial charge in [0, 0.05) is 47.1 Å². The van der Waals surface area contributed by atoms with Gasteiger partial charge in [-0.2, -0.15) is 0 Å². The molecule has 8 rings (SSSR count). The maximum atomic E-state index is 13.1. The van der Waals surface area contributed by atoms with Gasteiger partial charge in [0.05, 0.1) is 19.6 Å². The SMILES string of the molecule is C[C@@H](COc1ccnc2c1[C@H](C)CCC2)CC1Cc2ccc(OCCCNC(=O)Cc3cccc(-c4ccncc4)c3)cc2C12CCC(Nc1cccc(Cl)c1)(C(=O)O)CC2. The average Bonchev–Trinajstić information content (AvgIpc) is 3.54. The van der Waals surface area contributed by atoms with Crippen molar-refractivity contribution in [2.45, 2.75) is 101 Å². The number of rotatable bonds is 16. The van der Waals surface area contributed by atoms with Crippen LogP contribution in [0.2, 0.25) is 5.02 Å². The molecule has 1 unspecified atom stereocenters. The highest BCUT2D eigenvalue weighted by Gasteiger charge is 2.54. The summed E-state index contributed by atoms with van der Waals surface area (Å²) in [5.41, 5.74) is 7.54. The third-order valence-electron chi connectivity index (χ3n) is 13.5. The minimum absolute atomic E-state index is 0.0219. The first kappa shape index (κ1) is 42.3. The molecule has 2 aromatic heterocycles. The number of carbonyl (C=O) groups excluding carboxylic acids is 1. The quantitative estimate of drug-likeness (QED) is 0.0840. The third kappa shape index (κ3) is 9.57. The van der Waals surface area contributed by atoms with Crippen LogP contribution in [0.15, 0.2) is 104 Å². The number of carboxylic acid groups (broad SMARTS) is 1. The zero-order chi connectivity index (χ0) is 42.4. The van der Waals surface area contributed by atoms with Crippen molar-refractivity contribution in [3.05, 3.63) is 136 Å². The smallest absolute Gasteiger partial charge is 0.329 e. The number of halogens is 1. The summed E-state index contributed by atoms with van der Waals surface area (Å²) in [6, 6.07) is 27.8. The van der Waals surface area contributed by atoms with E-state index in [1.165, 1.54) is 28.8 Å². The fourth-order valence-electron chi connectivity index (χ4n) is 10.3. The highest BCUT2D eigenvalue weighted by molar-refractivity contribution is 6.30. The molecule has 61 heavy (non-hydrogen) atoms. The standard InChI is InChI=1S/C51H57ClN4O5/c1-34(33-61-46-17-25-54-45-12-3-7-35(2)48(45)46)27-40-30-39-13-14-43(60-26-6-22-55-47(57)29-36-8-4-9-38(28-36)37-15-23-53-24-16-37)32-44(39)50(40)18-20-51(21-19-50,49(58)59)56-42-11-5-10-41(52)31-42/h4-5,8-11,13-17,23-25,28,31-32,34-35,40,56H,3,6-7,12,18-22,26-27,29-30,33H2,1-2H3,(H,55,57)(H,58,59)/t34-,35-,40?,50?,51?/m1/s1. The lowest BCUT2D eigenvalue weighted by molar-refractivity contribution is -0.144. The van der Waals surface area contributed by atoms with E-state index in [1.807, 2.05) is 54.7 Å². The second-order valence-corrected chi connectivity index (χ2v) is 18.1. The van der Waals surface area contributed by atoms with Gasteiger partial charge in [0.2, 0.25) is 5.91 Å². The van der Waals surface area contributed by atoms with Gasteiger partial charge in [0.25, 0.3) is 0 Å². The van der Waals surface area contributed by atoms with Gasteiger partial charge in [-0.15, -0.1) is 0 Å². The highest BCUT2D eigenvalue weighted by Crippen LogP contribution is 2.57. The molecule has 1 fully saturated rings. The van der Waals surface area contributed by atoms with Crippen molar-refractivity contribution >= 4 is 29.2 Å². The summed E-state index contributed by atoms with van der Waals surface area (Å²) in [7, 11) is 0. The number of amides is 1. The fraction of sp³-hybridized carbons (Fsp3) is 0.412. The Kier molecular flexibility index (Phi) is 13.0. The Morgan fingerprint density at radius 3 is 2.56 bits per heavy atom. The van der Waals surface area contributed by atoms with Crippen LogP contribution < -0.4 is 20.1 Å². The van der Waals surface area contributed by atoms with Gasteiger partial charge >= 0.3 is 5.97 Å². The molecular formula is C51H57ClN4O5. The Balaban J connectivity index is 0.929. The van der Waals surface area contributed by atoms with Crippen molar-refractivity contribution in [2.24, 2.45) is 11.8 Å². The van der Waals surface area contributed by atoms with E-state index in [9.17, 15) is 14.7 Å². The van der Waals surface area contributed by atoms with E-state index in [0.29, 0.717) is 62.3 Å². The van der Waals surface area contributed by atoms with Crippen molar-refractivity contribution < 1.29 is 24.2 Å².